The Morgan fingerprint density at radius 3 is 2.59 bits per heavy atom. The molecule has 1 saturated carbocycles. The highest BCUT2D eigenvalue weighted by Crippen LogP contribution is 2.58. The van der Waals surface area contributed by atoms with Crippen molar-refractivity contribution in [3.63, 3.8) is 0 Å². The molecule has 0 aliphatic heterocycles. The van der Waals surface area contributed by atoms with E-state index in [1.54, 1.807) is 5.57 Å². The van der Waals surface area contributed by atoms with Gasteiger partial charge in [0.25, 0.3) is 0 Å². The van der Waals surface area contributed by atoms with Gasteiger partial charge in [-0.2, -0.15) is 0 Å². The Morgan fingerprint density at radius 2 is 1.91 bits per heavy atom. The summed E-state index contributed by atoms with van der Waals surface area (Å²) in [4.78, 5) is 9.46. The zero-order valence-electron chi connectivity index (χ0n) is 21.2. The quantitative estimate of drug-likeness (QED) is 0.287. The molecule has 0 spiro atoms. The molecule has 0 radical (unpaired) electrons. The Kier molecular flexibility index (Phi) is 9.00. The first-order valence-corrected chi connectivity index (χ1v) is 14.1. The molecular formula is C28H46NO2P. The Balaban J connectivity index is 1.70. The number of fused-ring (bicyclic) bond motifs is 1. The summed E-state index contributed by atoms with van der Waals surface area (Å²) in [6, 6.07) is 0. The normalized spacial score (nSPS) is 34.3. The van der Waals surface area contributed by atoms with E-state index >= 15 is 0 Å². The standard InChI is InChI=1S/C28H46NO2P/c1-19(2)20(3)9-10-22(5)26-15-16-27-23(8-7-17-28(26,27)6)12-13-24-18-25(31-32(29)30)14-11-21(24)4/h8-10,12-13,19-20,22,25-27,30H,7,11,14-18,29H2,1-6H3/b10-9+,13-12+/t20-,22+,25-,26+,27-,28+,32?/m0/s1. The van der Waals surface area contributed by atoms with Crippen LogP contribution in [-0.4, -0.2) is 11.0 Å². The van der Waals surface area contributed by atoms with Gasteiger partial charge in [0.2, 0.25) is 8.53 Å². The number of hydrogen-bond donors (Lipinski definition) is 2. The Bertz CT molecular complexity index is 765. The summed E-state index contributed by atoms with van der Waals surface area (Å²) in [6.07, 6.45) is 20.2. The highest BCUT2D eigenvalue weighted by atomic mass is 31.2. The maximum atomic E-state index is 9.46. The molecule has 3 aliphatic rings. The molecule has 1 unspecified atom stereocenters. The van der Waals surface area contributed by atoms with Gasteiger partial charge in [-0.3, -0.25) is 5.50 Å². The van der Waals surface area contributed by atoms with Crippen LogP contribution in [0.25, 0.3) is 0 Å². The van der Waals surface area contributed by atoms with Gasteiger partial charge >= 0.3 is 0 Å². The van der Waals surface area contributed by atoms with Crippen LogP contribution in [0.2, 0.25) is 0 Å². The van der Waals surface area contributed by atoms with Gasteiger partial charge in [0.1, 0.15) is 0 Å². The van der Waals surface area contributed by atoms with Crippen LogP contribution in [0.4, 0.5) is 0 Å². The smallest absolute Gasteiger partial charge is 0.250 e. The minimum Gasteiger partial charge on any atom is -0.338 e. The second-order valence-electron chi connectivity index (χ2n) is 11.2. The topological polar surface area (TPSA) is 55.5 Å². The molecule has 3 aliphatic carbocycles. The lowest BCUT2D eigenvalue weighted by molar-refractivity contribution is 0.129. The fourth-order valence-corrected chi connectivity index (χ4v) is 6.81. The van der Waals surface area contributed by atoms with Crippen molar-refractivity contribution in [1.29, 1.82) is 0 Å². The maximum absolute atomic E-state index is 9.46. The average Bonchev–Trinajstić information content (AvgIpc) is 3.09. The third-order valence-corrected chi connectivity index (χ3v) is 9.36. The van der Waals surface area contributed by atoms with Crippen molar-refractivity contribution in [2.45, 2.75) is 92.6 Å². The molecule has 0 bridgehead atoms. The summed E-state index contributed by atoms with van der Waals surface area (Å²) in [6.45, 7) is 14.2. The molecule has 180 valence electrons. The van der Waals surface area contributed by atoms with Crippen molar-refractivity contribution >= 4 is 8.53 Å². The fraction of sp³-hybridized carbons (Fsp3) is 0.714. The molecule has 0 amide bonds. The maximum Gasteiger partial charge on any atom is 0.250 e. The zero-order valence-corrected chi connectivity index (χ0v) is 22.1. The number of rotatable bonds is 8. The van der Waals surface area contributed by atoms with Gasteiger partial charge in [-0.1, -0.05) is 70.6 Å². The first-order chi connectivity index (χ1) is 15.1. The Labute approximate surface area is 198 Å². The molecule has 0 saturated heterocycles. The number of nitrogens with two attached hydrogens (primary N) is 1. The number of hydrogen-bond acceptors (Lipinski definition) is 3. The van der Waals surface area contributed by atoms with Gasteiger partial charge in [0, 0.05) is 0 Å². The lowest BCUT2D eigenvalue weighted by Crippen LogP contribution is -2.34. The van der Waals surface area contributed by atoms with Crippen molar-refractivity contribution in [3.05, 3.63) is 47.1 Å². The summed E-state index contributed by atoms with van der Waals surface area (Å²) in [5.41, 5.74) is 10.3. The molecule has 1 fully saturated rings. The molecule has 32 heavy (non-hydrogen) atoms. The molecule has 3 rings (SSSR count). The van der Waals surface area contributed by atoms with Gasteiger partial charge < -0.3 is 9.42 Å². The molecule has 7 atom stereocenters. The lowest BCUT2D eigenvalue weighted by Gasteiger charge is -2.42. The zero-order chi connectivity index (χ0) is 23.5. The second kappa shape index (κ2) is 11.1. The van der Waals surface area contributed by atoms with E-state index in [1.165, 1.54) is 36.8 Å². The molecule has 4 heteroatoms. The van der Waals surface area contributed by atoms with Crippen molar-refractivity contribution < 1.29 is 9.42 Å². The van der Waals surface area contributed by atoms with Crippen molar-refractivity contribution in [2.24, 2.45) is 40.5 Å². The molecule has 0 aromatic rings. The molecular weight excluding hydrogens is 413 g/mol. The SMILES string of the molecule is CC1=C(/C=C/C2=CCC[C@]3(C)[C@@H]([C@H](C)/C=C/[C@H](C)C(C)C)CC[C@@H]23)C[C@@H](OP(N)O)CC1. The molecule has 0 aromatic carbocycles. The van der Waals surface area contributed by atoms with Gasteiger partial charge in [0.05, 0.1) is 6.10 Å². The molecule has 0 heterocycles. The van der Waals surface area contributed by atoms with Crippen LogP contribution in [0.1, 0.15) is 86.5 Å². The van der Waals surface area contributed by atoms with Crippen molar-refractivity contribution in [1.82, 2.24) is 0 Å². The monoisotopic (exact) mass is 459 g/mol. The predicted octanol–water partition coefficient (Wildman–Crippen LogP) is 7.84. The first kappa shape index (κ1) is 25.9. The van der Waals surface area contributed by atoms with Gasteiger partial charge in [-0.05, 0) is 98.0 Å². The van der Waals surface area contributed by atoms with Gasteiger partial charge in [-0.15, -0.1) is 0 Å². The highest BCUT2D eigenvalue weighted by Gasteiger charge is 2.49. The third kappa shape index (κ3) is 6.03. The van der Waals surface area contributed by atoms with E-state index in [0.717, 1.165) is 25.2 Å². The second-order valence-corrected chi connectivity index (χ2v) is 12.1. The summed E-state index contributed by atoms with van der Waals surface area (Å²) < 4.78 is 5.55. The summed E-state index contributed by atoms with van der Waals surface area (Å²) in [5.74, 6) is 3.43. The molecule has 0 aromatic heterocycles. The average molecular weight is 460 g/mol. The van der Waals surface area contributed by atoms with Crippen molar-refractivity contribution in [2.75, 3.05) is 0 Å². The summed E-state index contributed by atoms with van der Waals surface area (Å²) >= 11 is 0. The van der Waals surface area contributed by atoms with Crippen LogP contribution < -0.4 is 5.50 Å². The van der Waals surface area contributed by atoms with Crippen LogP contribution in [0.15, 0.2) is 47.1 Å². The van der Waals surface area contributed by atoms with E-state index in [-0.39, 0.29) is 6.10 Å². The van der Waals surface area contributed by atoms with Crippen LogP contribution in [0.3, 0.4) is 0 Å². The summed E-state index contributed by atoms with van der Waals surface area (Å²) in [7, 11) is -1.78. The van der Waals surface area contributed by atoms with Gasteiger partial charge in [-0.25, -0.2) is 0 Å². The van der Waals surface area contributed by atoms with E-state index in [0.29, 0.717) is 29.1 Å². The summed E-state index contributed by atoms with van der Waals surface area (Å²) in [5, 5.41) is 0. The largest absolute Gasteiger partial charge is 0.338 e. The Hall–Kier alpha value is -0.730. The third-order valence-electron chi connectivity index (χ3n) is 8.85. The van der Waals surface area contributed by atoms with E-state index in [1.807, 2.05) is 0 Å². The minimum atomic E-state index is -1.78. The minimum absolute atomic E-state index is 0.0433. The number of allylic oxidation sites excluding steroid dienone is 7. The Morgan fingerprint density at radius 1 is 1.16 bits per heavy atom. The van der Waals surface area contributed by atoms with E-state index in [2.05, 4.69) is 71.9 Å². The highest BCUT2D eigenvalue weighted by molar-refractivity contribution is 7.43. The van der Waals surface area contributed by atoms with E-state index in [9.17, 15) is 4.89 Å². The van der Waals surface area contributed by atoms with Crippen LogP contribution in [-0.2, 0) is 4.52 Å². The lowest BCUT2D eigenvalue weighted by atomic mass is 9.62. The first-order valence-electron chi connectivity index (χ1n) is 12.8. The molecule has 3 nitrogen and oxygen atoms in total. The van der Waals surface area contributed by atoms with Crippen LogP contribution >= 0.6 is 8.53 Å². The van der Waals surface area contributed by atoms with Gasteiger partial charge in [0.15, 0.2) is 0 Å². The van der Waals surface area contributed by atoms with Crippen molar-refractivity contribution in [3.8, 4) is 0 Å². The van der Waals surface area contributed by atoms with E-state index in [4.69, 9.17) is 10.0 Å². The molecule has 3 N–H and O–H groups in total. The van der Waals surface area contributed by atoms with E-state index < -0.39 is 8.53 Å². The fourth-order valence-electron chi connectivity index (χ4n) is 6.33. The van der Waals surface area contributed by atoms with Crippen LogP contribution in [0.5, 0.6) is 0 Å². The predicted molar refractivity (Wildman–Crippen MR) is 138 cm³/mol. The van der Waals surface area contributed by atoms with Crippen LogP contribution in [0, 0.1) is 35.0 Å².